The molecular weight excluding hydrogens is 112 g/mol. The van der Waals surface area contributed by atoms with Crippen LogP contribution in [0.1, 0.15) is 0 Å². The van der Waals surface area contributed by atoms with Gasteiger partial charge >= 0.3 is 6.34 Å². The molecule has 2 radical (unpaired) electrons. The predicted molar refractivity (Wildman–Crippen MR) is 36.9 cm³/mol. The van der Waals surface area contributed by atoms with Crippen LogP contribution in [-0.4, -0.2) is 6.34 Å². The molecule has 0 amide bonds. The summed E-state index contributed by atoms with van der Waals surface area (Å²) >= 11 is 0. The molecule has 0 spiro atoms. The molecule has 2 nitrogen and oxygen atoms in total. The first-order valence-corrected chi connectivity index (χ1v) is 2.77. The number of nitrogens with zero attached hydrogens (tertiary/aromatic N) is 1. The van der Waals surface area contributed by atoms with Gasteiger partial charge in [-0.3, -0.25) is 0 Å². The second kappa shape index (κ2) is 1.58. The van der Waals surface area contributed by atoms with E-state index in [0.717, 1.165) is 11.4 Å². The highest BCUT2D eigenvalue weighted by atomic mass is 15.0. The number of benzene rings is 1. The first-order chi connectivity index (χ1) is 4.47. The van der Waals surface area contributed by atoms with Crippen molar-refractivity contribution in [1.82, 2.24) is 4.99 Å². The van der Waals surface area contributed by atoms with E-state index in [1.54, 1.807) is 0 Å². The summed E-state index contributed by atoms with van der Waals surface area (Å²) in [6.45, 7) is 0. The Morgan fingerprint density at radius 3 is 3.11 bits per heavy atom. The summed E-state index contributed by atoms with van der Waals surface area (Å²) < 4.78 is 0. The second-order valence-corrected chi connectivity index (χ2v) is 1.87. The van der Waals surface area contributed by atoms with E-state index < -0.39 is 0 Å². The molecule has 1 aromatic rings. The van der Waals surface area contributed by atoms with Gasteiger partial charge in [-0.05, 0) is 17.1 Å². The van der Waals surface area contributed by atoms with E-state index >= 15 is 0 Å². The Morgan fingerprint density at radius 1 is 1.33 bits per heavy atom. The standard InChI is InChI=1S/C7H5N2/c1-2-4-7-6(3-1)8-5-9-7/h1-4,8H/q+1. The second-order valence-electron chi connectivity index (χ2n) is 1.87. The highest BCUT2D eigenvalue weighted by Gasteiger charge is 2.13. The van der Waals surface area contributed by atoms with Crippen molar-refractivity contribution in [3.8, 4) is 0 Å². The van der Waals surface area contributed by atoms with E-state index in [9.17, 15) is 0 Å². The maximum Gasteiger partial charge on any atom is 0.417 e. The average molecular weight is 117 g/mol. The van der Waals surface area contributed by atoms with Crippen molar-refractivity contribution in [3.63, 3.8) is 0 Å². The van der Waals surface area contributed by atoms with Gasteiger partial charge in [-0.25, -0.2) is 5.32 Å². The summed E-state index contributed by atoms with van der Waals surface area (Å²) in [4.78, 5) is 3.94. The molecule has 2 rings (SSSR count). The third kappa shape index (κ3) is 0.598. The zero-order valence-corrected chi connectivity index (χ0v) is 4.76. The van der Waals surface area contributed by atoms with E-state index in [1.807, 2.05) is 24.3 Å². The third-order valence-corrected chi connectivity index (χ3v) is 1.27. The van der Waals surface area contributed by atoms with Gasteiger partial charge in [0.2, 0.25) is 5.69 Å². The van der Waals surface area contributed by atoms with Crippen LogP contribution in [0.25, 0.3) is 0 Å². The smallest absolute Gasteiger partial charge is 0.226 e. The third-order valence-electron chi connectivity index (χ3n) is 1.27. The lowest BCUT2D eigenvalue weighted by Crippen LogP contribution is -1.86. The Hall–Kier alpha value is -1.31. The molecular formula is C7H5N2+. The van der Waals surface area contributed by atoms with Crippen LogP contribution in [0.3, 0.4) is 0 Å². The zero-order chi connectivity index (χ0) is 6.10. The Labute approximate surface area is 53.2 Å². The topological polar surface area (TPSA) is 26.1 Å². The quantitative estimate of drug-likeness (QED) is 0.538. The van der Waals surface area contributed by atoms with Crippen LogP contribution in [0.5, 0.6) is 0 Å². The molecule has 1 heterocycles. The van der Waals surface area contributed by atoms with Crippen molar-refractivity contribution in [2.75, 3.05) is 5.32 Å². The summed E-state index contributed by atoms with van der Waals surface area (Å²) in [5, 5.41) is 2.88. The Bertz CT molecular complexity index is 253. The van der Waals surface area contributed by atoms with Crippen LogP contribution in [0.2, 0.25) is 0 Å². The fraction of sp³-hybridized carbons (Fsp3) is 0. The Kier molecular flexibility index (Phi) is 0.803. The summed E-state index contributed by atoms with van der Waals surface area (Å²) in [6.07, 6.45) is 2.66. The maximum absolute atomic E-state index is 3.94. The lowest BCUT2D eigenvalue weighted by molar-refractivity contribution is 1.44. The van der Waals surface area contributed by atoms with Crippen LogP contribution in [0.4, 0.5) is 11.4 Å². The lowest BCUT2D eigenvalue weighted by atomic mass is 10.3. The first-order valence-electron chi connectivity index (χ1n) is 2.77. The SMILES string of the molecule is [C]1=[N+]c2ccccc2N1. The summed E-state index contributed by atoms with van der Waals surface area (Å²) in [5.41, 5.74) is 2.01. The summed E-state index contributed by atoms with van der Waals surface area (Å²) in [7, 11) is 0. The molecule has 0 unspecified atom stereocenters. The number of para-hydroxylation sites is 2. The summed E-state index contributed by atoms with van der Waals surface area (Å²) in [5.74, 6) is 0. The van der Waals surface area contributed by atoms with Crippen molar-refractivity contribution < 1.29 is 0 Å². The lowest BCUT2D eigenvalue weighted by Gasteiger charge is -1.83. The number of rotatable bonds is 0. The number of aliphatic imine (C=N–C) groups is 1. The summed E-state index contributed by atoms with van der Waals surface area (Å²) in [6, 6.07) is 7.84. The number of nitrogens with one attached hydrogen (secondary N) is 1. The van der Waals surface area contributed by atoms with E-state index in [0.29, 0.717) is 0 Å². The van der Waals surface area contributed by atoms with Crippen molar-refractivity contribution in [1.29, 1.82) is 0 Å². The van der Waals surface area contributed by atoms with E-state index in [4.69, 9.17) is 0 Å². The molecule has 0 atom stereocenters. The minimum absolute atomic E-state index is 0.970. The van der Waals surface area contributed by atoms with E-state index in [2.05, 4.69) is 16.6 Å². The van der Waals surface area contributed by atoms with Crippen LogP contribution in [-0.2, 0) is 0 Å². The fourth-order valence-corrected chi connectivity index (χ4v) is 0.825. The number of anilines is 1. The van der Waals surface area contributed by atoms with Gasteiger partial charge in [0.05, 0.1) is 0 Å². The molecule has 1 aliphatic rings. The van der Waals surface area contributed by atoms with Gasteiger partial charge in [0.25, 0.3) is 0 Å². The van der Waals surface area contributed by atoms with Gasteiger partial charge in [0.1, 0.15) is 0 Å². The minimum Gasteiger partial charge on any atom is -0.226 e. The number of fused-ring (bicyclic) bond motifs is 1. The Morgan fingerprint density at radius 2 is 2.22 bits per heavy atom. The first kappa shape index (κ1) is 4.56. The molecule has 0 fully saturated rings. The van der Waals surface area contributed by atoms with Crippen LogP contribution < -0.4 is 10.3 Å². The molecule has 9 heavy (non-hydrogen) atoms. The molecule has 1 aromatic carbocycles. The molecule has 0 saturated heterocycles. The molecule has 1 aliphatic heterocycles. The van der Waals surface area contributed by atoms with Crippen molar-refractivity contribution >= 4 is 17.7 Å². The monoisotopic (exact) mass is 117 g/mol. The zero-order valence-electron chi connectivity index (χ0n) is 4.76. The van der Waals surface area contributed by atoms with E-state index in [-0.39, 0.29) is 0 Å². The van der Waals surface area contributed by atoms with Gasteiger partial charge in [0, 0.05) is 0 Å². The molecule has 2 heteroatoms. The van der Waals surface area contributed by atoms with Gasteiger partial charge < -0.3 is 0 Å². The van der Waals surface area contributed by atoms with Crippen LogP contribution in [0.15, 0.2) is 24.3 Å². The molecule has 1 N–H and O–H groups in total. The maximum atomic E-state index is 3.94. The van der Waals surface area contributed by atoms with E-state index in [1.165, 1.54) is 0 Å². The van der Waals surface area contributed by atoms with Crippen molar-refractivity contribution in [3.05, 3.63) is 24.3 Å². The number of hydrogen-bond acceptors (Lipinski definition) is 2. The molecule has 0 saturated carbocycles. The Balaban J connectivity index is 2.63. The fourth-order valence-electron chi connectivity index (χ4n) is 0.825. The average Bonchev–Trinajstić information content (AvgIpc) is 2.33. The van der Waals surface area contributed by atoms with Crippen molar-refractivity contribution in [2.24, 2.45) is 0 Å². The van der Waals surface area contributed by atoms with Gasteiger partial charge in [-0.15, -0.1) is 0 Å². The molecule has 0 aliphatic carbocycles. The van der Waals surface area contributed by atoms with Crippen LogP contribution >= 0.6 is 0 Å². The van der Waals surface area contributed by atoms with Gasteiger partial charge in [-0.2, -0.15) is 0 Å². The highest BCUT2D eigenvalue weighted by Crippen LogP contribution is 2.20. The van der Waals surface area contributed by atoms with Gasteiger partial charge in [0.15, 0.2) is 5.69 Å². The van der Waals surface area contributed by atoms with Gasteiger partial charge in [-0.1, -0.05) is 12.1 Å². The predicted octanol–water partition coefficient (Wildman–Crippen LogP) is 0.985. The largest absolute Gasteiger partial charge is 0.417 e. The molecule has 0 aromatic heterocycles. The minimum atomic E-state index is 0.970. The highest BCUT2D eigenvalue weighted by molar-refractivity contribution is 5.88. The van der Waals surface area contributed by atoms with Crippen LogP contribution in [0, 0.1) is 0 Å². The molecule has 0 bridgehead atoms. The molecule has 42 valence electrons. The van der Waals surface area contributed by atoms with Crippen molar-refractivity contribution in [2.45, 2.75) is 0 Å². The normalized spacial score (nSPS) is 12.9. The number of hydrogen-bond donors (Lipinski definition) is 1.